The number of imidazole rings is 1. The third-order valence-electron chi connectivity index (χ3n) is 5.27. The Morgan fingerprint density at radius 1 is 1.20 bits per heavy atom. The van der Waals surface area contributed by atoms with Gasteiger partial charge < -0.3 is 24.0 Å². The van der Waals surface area contributed by atoms with Crippen LogP contribution in [0.2, 0.25) is 0 Å². The molecule has 0 aromatic carbocycles. The molecule has 3 amide bonds. The Balaban J connectivity index is 1.50. The second kappa shape index (κ2) is 7.03. The molecule has 0 N–H and O–H groups in total. The second-order valence-corrected chi connectivity index (χ2v) is 7.07. The predicted octanol–water partition coefficient (Wildman–Crippen LogP) is 0.390. The zero-order valence-corrected chi connectivity index (χ0v) is 14.5. The number of carbonyl (C=O) groups is 2. The summed E-state index contributed by atoms with van der Waals surface area (Å²) in [6.07, 6.45) is 5.35. The molecule has 4 rings (SSSR count). The highest BCUT2D eigenvalue weighted by Gasteiger charge is 2.31. The van der Waals surface area contributed by atoms with Crippen molar-refractivity contribution in [3.8, 4) is 0 Å². The van der Waals surface area contributed by atoms with Gasteiger partial charge in [-0.2, -0.15) is 0 Å². The Hall–Kier alpha value is -2.09. The number of aromatic nitrogens is 2. The number of likely N-dealkylation sites (tertiary alicyclic amines) is 1. The normalized spacial score (nSPS) is 24.4. The molecule has 1 aromatic rings. The number of hydrogen-bond donors (Lipinski definition) is 0. The Kier molecular flexibility index (Phi) is 4.61. The van der Waals surface area contributed by atoms with Crippen molar-refractivity contribution in [1.29, 1.82) is 0 Å². The van der Waals surface area contributed by atoms with Gasteiger partial charge in [0.05, 0.1) is 19.8 Å². The van der Waals surface area contributed by atoms with E-state index in [2.05, 4.69) is 9.55 Å². The van der Waals surface area contributed by atoms with E-state index in [9.17, 15) is 9.59 Å². The molecule has 3 aliphatic heterocycles. The molecule has 1 aromatic heterocycles. The molecule has 0 bridgehead atoms. The van der Waals surface area contributed by atoms with E-state index < -0.39 is 0 Å². The number of carbonyl (C=O) groups excluding carboxylic acids is 2. The highest BCUT2D eigenvalue weighted by molar-refractivity contribution is 5.78. The van der Waals surface area contributed by atoms with E-state index in [4.69, 9.17) is 4.74 Å². The van der Waals surface area contributed by atoms with Gasteiger partial charge in [-0.25, -0.2) is 9.78 Å². The first-order valence-corrected chi connectivity index (χ1v) is 9.10. The highest BCUT2D eigenvalue weighted by atomic mass is 16.5. The number of nitrogens with zero attached hydrogens (tertiary/aromatic N) is 5. The van der Waals surface area contributed by atoms with Gasteiger partial charge in [-0.1, -0.05) is 0 Å². The molecule has 3 aliphatic rings. The maximum atomic E-state index is 13.0. The molecule has 0 radical (unpaired) electrons. The minimum absolute atomic E-state index is 0.0532. The zero-order valence-electron chi connectivity index (χ0n) is 14.5. The van der Waals surface area contributed by atoms with Crippen LogP contribution in [0.3, 0.4) is 0 Å². The topological polar surface area (TPSA) is 70.9 Å². The average Bonchev–Trinajstić information content (AvgIpc) is 3.19. The quantitative estimate of drug-likeness (QED) is 0.776. The van der Waals surface area contributed by atoms with Crippen LogP contribution in [0.15, 0.2) is 12.4 Å². The van der Waals surface area contributed by atoms with Crippen molar-refractivity contribution in [3.63, 3.8) is 0 Å². The Morgan fingerprint density at radius 2 is 2.04 bits per heavy atom. The molecule has 0 saturated carbocycles. The molecule has 136 valence electrons. The minimum atomic E-state index is 0.0532. The predicted molar refractivity (Wildman–Crippen MR) is 89.7 cm³/mol. The largest absolute Gasteiger partial charge is 0.378 e. The van der Waals surface area contributed by atoms with Gasteiger partial charge in [-0.05, 0) is 6.42 Å². The van der Waals surface area contributed by atoms with Crippen LogP contribution in [-0.4, -0.2) is 82.1 Å². The standard InChI is InChI=1S/C17H25N5O3/c23-16-2-1-4-21(16)11-14-10-20-5-3-18-15(20)13-22(12-14)17(24)19-6-8-25-9-7-19/h3,5,14H,1-2,4,6-13H2/t14-/m0/s1. The summed E-state index contributed by atoms with van der Waals surface area (Å²) >= 11 is 0. The number of ether oxygens (including phenoxy) is 1. The van der Waals surface area contributed by atoms with Crippen molar-refractivity contribution in [3.05, 3.63) is 18.2 Å². The van der Waals surface area contributed by atoms with E-state index in [1.54, 1.807) is 6.20 Å². The summed E-state index contributed by atoms with van der Waals surface area (Å²) in [6.45, 7) is 5.99. The van der Waals surface area contributed by atoms with Gasteiger partial charge in [-0.3, -0.25) is 4.79 Å². The molecule has 1 atom stereocenters. The van der Waals surface area contributed by atoms with Gasteiger partial charge in [0.1, 0.15) is 5.82 Å². The van der Waals surface area contributed by atoms with Crippen LogP contribution in [-0.2, 0) is 22.6 Å². The number of fused-ring (bicyclic) bond motifs is 1. The van der Waals surface area contributed by atoms with Crippen molar-refractivity contribution in [1.82, 2.24) is 24.3 Å². The first kappa shape index (κ1) is 16.4. The fraction of sp³-hybridized carbons (Fsp3) is 0.706. The van der Waals surface area contributed by atoms with E-state index >= 15 is 0 Å². The number of morpholine rings is 1. The summed E-state index contributed by atoms with van der Waals surface area (Å²) < 4.78 is 7.48. The molecule has 0 aliphatic carbocycles. The summed E-state index contributed by atoms with van der Waals surface area (Å²) in [5.74, 6) is 1.38. The molecular formula is C17H25N5O3. The third-order valence-corrected chi connectivity index (χ3v) is 5.27. The van der Waals surface area contributed by atoms with Crippen LogP contribution in [0, 0.1) is 5.92 Å². The van der Waals surface area contributed by atoms with Crippen molar-refractivity contribution >= 4 is 11.9 Å². The summed E-state index contributed by atoms with van der Waals surface area (Å²) in [5, 5.41) is 0. The van der Waals surface area contributed by atoms with Crippen molar-refractivity contribution in [2.75, 3.05) is 45.9 Å². The Morgan fingerprint density at radius 3 is 2.80 bits per heavy atom. The molecule has 2 saturated heterocycles. The lowest BCUT2D eigenvalue weighted by atomic mass is 10.1. The van der Waals surface area contributed by atoms with Crippen LogP contribution < -0.4 is 0 Å². The van der Waals surface area contributed by atoms with E-state index in [0.29, 0.717) is 52.4 Å². The molecule has 0 unspecified atom stereocenters. The van der Waals surface area contributed by atoms with Crippen LogP contribution in [0.1, 0.15) is 18.7 Å². The van der Waals surface area contributed by atoms with E-state index in [1.165, 1.54) is 0 Å². The zero-order chi connectivity index (χ0) is 17.2. The summed E-state index contributed by atoms with van der Waals surface area (Å²) in [7, 11) is 0. The Labute approximate surface area is 147 Å². The SMILES string of the molecule is O=C1CCCN1C[C@H]1CN(C(=O)N2CCOCC2)Cc2nccn2C1. The number of hydrogen-bond acceptors (Lipinski definition) is 4. The fourth-order valence-corrected chi connectivity index (χ4v) is 3.97. The summed E-state index contributed by atoms with van der Waals surface area (Å²) in [4.78, 5) is 35.1. The lowest BCUT2D eigenvalue weighted by Crippen LogP contribution is -2.49. The van der Waals surface area contributed by atoms with Gasteiger partial charge in [0, 0.05) is 64.0 Å². The first-order chi connectivity index (χ1) is 12.2. The molecule has 4 heterocycles. The van der Waals surface area contributed by atoms with Gasteiger partial charge >= 0.3 is 6.03 Å². The highest BCUT2D eigenvalue weighted by Crippen LogP contribution is 2.20. The van der Waals surface area contributed by atoms with Crippen LogP contribution in [0.4, 0.5) is 4.79 Å². The third kappa shape index (κ3) is 3.49. The smallest absolute Gasteiger partial charge is 0.320 e. The van der Waals surface area contributed by atoms with Crippen LogP contribution in [0.25, 0.3) is 0 Å². The van der Waals surface area contributed by atoms with Crippen LogP contribution >= 0.6 is 0 Å². The van der Waals surface area contributed by atoms with E-state index in [-0.39, 0.29) is 17.9 Å². The van der Waals surface area contributed by atoms with Gasteiger partial charge in [0.15, 0.2) is 0 Å². The summed E-state index contributed by atoms with van der Waals surface area (Å²) in [5.41, 5.74) is 0. The average molecular weight is 347 g/mol. The van der Waals surface area contributed by atoms with Crippen molar-refractivity contribution in [2.45, 2.75) is 25.9 Å². The molecule has 0 spiro atoms. The van der Waals surface area contributed by atoms with E-state index in [0.717, 1.165) is 25.3 Å². The van der Waals surface area contributed by atoms with Gasteiger partial charge in [-0.15, -0.1) is 0 Å². The second-order valence-electron chi connectivity index (χ2n) is 7.07. The van der Waals surface area contributed by atoms with Gasteiger partial charge in [0.25, 0.3) is 0 Å². The monoisotopic (exact) mass is 347 g/mol. The number of urea groups is 1. The lowest BCUT2D eigenvalue weighted by molar-refractivity contribution is -0.128. The molecule has 8 heteroatoms. The maximum Gasteiger partial charge on any atom is 0.320 e. The molecule has 8 nitrogen and oxygen atoms in total. The minimum Gasteiger partial charge on any atom is -0.378 e. The van der Waals surface area contributed by atoms with Crippen LogP contribution in [0.5, 0.6) is 0 Å². The molecule has 25 heavy (non-hydrogen) atoms. The van der Waals surface area contributed by atoms with Gasteiger partial charge in [0.2, 0.25) is 5.91 Å². The molecule has 2 fully saturated rings. The maximum absolute atomic E-state index is 13.0. The number of rotatable bonds is 2. The van der Waals surface area contributed by atoms with Crippen molar-refractivity contribution < 1.29 is 14.3 Å². The van der Waals surface area contributed by atoms with Crippen molar-refractivity contribution in [2.24, 2.45) is 5.92 Å². The first-order valence-electron chi connectivity index (χ1n) is 9.10. The Bertz CT molecular complexity index is 640. The lowest BCUT2D eigenvalue weighted by Gasteiger charge is -2.33. The fourth-order valence-electron chi connectivity index (χ4n) is 3.97. The summed E-state index contributed by atoms with van der Waals surface area (Å²) in [6, 6.07) is 0.0532. The molecular weight excluding hydrogens is 322 g/mol. The number of amides is 3. The van der Waals surface area contributed by atoms with E-state index in [1.807, 2.05) is 20.9 Å².